The summed E-state index contributed by atoms with van der Waals surface area (Å²) in [5, 5.41) is 3.90. The Bertz CT molecular complexity index is 647. The Morgan fingerprint density at radius 1 is 0.905 bits per heavy atom. The smallest absolute Gasteiger partial charge is 0.205 e. The molecule has 0 aliphatic heterocycles. The summed E-state index contributed by atoms with van der Waals surface area (Å²) in [6.07, 6.45) is 0. The average Bonchev–Trinajstić information content (AvgIpc) is 2.51. The zero-order valence-corrected chi connectivity index (χ0v) is 13.3. The second-order valence-corrected chi connectivity index (χ2v) is 4.78. The minimum Gasteiger partial charge on any atom is -0.493 e. The highest BCUT2D eigenvalue weighted by molar-refractivity contribution is 6.43. The van der Waals surface area contributed by atoms with Crippen LogP contribution < -0.4 is 19.5 Å². The maximum atomic E-state index is 6.15. The molecule has 21 heavy (non-hydrogen) atoms. The summed E-state index contributed by atoms with van der Waals surface area (Å²) in [6, 6.07) is 9.84. The van der Waals surface area contributed by atoms with Crippen molar-refractivity contribution in [2.24, 2.45) is 0 Å². The Balaban J connectivity index is 2.47. The third kappa shape index (κ3) is 3.12. The molecule has 0 aliphatic carbocycles. The number of hydrogen-bond acceptors (Lipinski definition) is 4. The number of halogens is 2. The van der Waals surface area contributed by atoms with Crippen LogP contribution >= 0.6 is 23.2 Å². The minimum atomic E-state index is 0.348. The van der Waals surface area contributed by atoms with Crippen LogP contribution in [0.1, 0.15) is 0 Å². The van der Waals surface area contributed by atoms with E-state index in [0.717, 1.165) is 0 Å². The number of hydrogen-bond donors (Lipinski definition) is 1. The number of nitrogens with one attached hydrogen (secondary N) is 1. The molecule has 0 amide bonds. The van der Waals surface area contributed by atoms with Gasteiger partial charge in [0.05, 0.1) is 42.7 Å². The maximum Gasteiger partial charge on any atom is 0.205 e. The molecule has 4 nitrogen and oxygen atoms in total. The van der Waals surface area contributed by atoms with E-state index < -0.39 is 0 Å². The van der Waals surface area contributed by atoms with Crippen LogP contribution in [-0.4, -0.2) is 21.3 Å². The fourth-order valence-corrected chi connectivity index (χ4v) is 2.22. The third-order valence-corrected chi connectivity index (χ3v) is 3.65. The molecule has 1 N–H and O–H groups in total. The van der Waals surface area contributed by atoms with Crippen molar-refractivity contribution in [3.8, 4) is 17.2 Å². The number of benzene rings is 2. The summed E-state index contributed by atoms with van der Waals surface area (Å²) in [5.41, 5.74) is 1.32. The zero-order chi connectivity index (χ0) is 15.4. The van der Waals surface area contributed by atoms with Gasteiger partial charge >= 0.3 is 0 Å². The molecule has 1 radical (unpaired) electrons. The van der Waals surface area contributed by atoms with Gasteiger partial charge in [-0.25, -0.2) is 0 Å². The molecule has 0 saturated heterocycles. The lowest BCUT2D eigenvalue weighted by Crippen LogP contribution is -2.00. The first-order chi connectivity index (χ1) is 10.1. The van der Waals surface area contributed by atoms with Crippen molar-refractivity contribution in [1.82, 2.24) is 0 Å². The molecule has 0 fully saturated rings. The van der Waals surface area contributed by atoms with Crippen LogP contribution in [-0.2, 0) is 0 Å². The van der Waals surface area contributed by atoms with Gasteiger partial charge in [-0.3, -0.25) is 0 Å². The Kier molecular flexibility index (Phi) is 5.04. The topological polar surface area (TPSA) is 39.7 Å². The third-order valence-electron chi connectivity index (χ3n) is 2.86. The van der Waals surface area contributed by atoms with E-state index in [1.165, 1.54) is 0 Å². The molecule has 0 bridgehead atoms. The molecular weight excluding hydrogens is 313 g/mol. The second kappa shape index (κ2) is 6.78. The Hall–Kier alpha value is -1.78. The Morgan fingerprint density at radius 3 is 2.24 bits per heavy atom. The number of rotatable bonds is 5. The van der Waals surface area contributed by atoms with Crippen LogP contribution in [0, 0.1) is 6.07 Å². The quantitative estimate of drug-likeness (QED) is 0.874. The number of anilines is 2. The monoisotopic (exact) mass is 326 g/mol. The molecule has 2 aromatic carbocycles. The van der Waals surface area contributed by atoms with Crippen LogP contribution in [0.4, 0.5) is 11.4 Å². The summed E-state index contributed by atoms with van der Waals surface area (Å²) in [6.45, 7) is 0. The summed E-state index contributed by atoms with van der Waals surface area (Å²) in [5.74, 6) is 1.58. The molecule has 0 unspecified atom stereocenters. The second-order valence-electron chi connectivity index (χ2n) is 4.03. The first kappa shape index (κ1) is 15.6. The van der Waals surface area contributed by atoms with Crippen LogP contribution in [0.15, 0.2) is 24.3 Å². The first-order valence-corrected chi connectivity index (χ1v) is 6.79. The summed E-state index contributed by atoms with van der Waals surface area (Å²) in [4.78, 5) is 0. The van der Waals surface area contributed by atoms with Gasteiger partial charge in [-0.15, -0.1) is 0 Å². The van der Waals surface area contributed by atoms with E-state index >= 15 is 0 Å². The summed E-state index contributed by atoms with van der Waals surface area (Å²) < 4.78 is 16.0. The molecule has 0 spiro atoms. The minimum absolute atomic E-state index is 0.348. The van der Waals surface area contributed by atoms with Gasteiger partial charge in [0.1, 0.15) is 0 Å². The van der Waals surface area contributed by atoms with Crippen molar-refractivity contribution in [2.45, 2.75) is 0 Å². The highest BCUT2D eigenvalue weighted by atomic mass is 35.5. The van der Waals surface area contributed by atoms with E-state index in [4.69, 9.17) is 37.4 Å². The van der Waals surface area contributed by atoms with E-state index in [-0.39, 0.29) is 0 Å². The van der Waals surface area contributed by atoms with E-state index in [9.17, 15) is 0 Å². The molecule has 0 heterocycles. The molecular formula is C15H14Cl2NO3. The van der Waals surface area contributed by atoms with Gasteiger partial charge in [-0.05, 0) is 18.2 Å². The molecule has 0 aromatic heterocycles. The van der Waals surface area contributed by atoms with Gasteiger partial charge in [0.2, 0.25) is 5.75 Å². The fraction of sp³-hybridized carbons (Fsp3) is 0.200. The standard InChI is InChI=1S/C15H14Cl2NO3/c1-19-12-8-7-11(14(20-2)15(12)21-3)18-10-6-4-5-9(16)13(10)17/h4,6-8,18H,1-3H3. The van der Waals surface area contributed by atoms with Crippen LogP contribution in [0.5, 0.6) is 17.2 Å². The van der Waals surface area contributed by atoms with Gasteiger partial charge in [0.25, 0.3) is 0 Å². The van der Waals surface area contributed by atoms with Crippen molar-refractivity contribution in [3.05, 3.63) is 40.4 Å². The highest BCUT2D eigenvalue weighted by Crippen LogP contribution is 2.44. The average molecular weight is 327 g/mol. The van der Waals surface area contributed by atoms with Crippen LogP contribution in [0.25, 0.3) is 0 Å². The Labute approximate surface area is 133 Å². The lowest BCUT2D eigenvalue weighted by atomic mass is 10.2. The predicted octanol–water partition coefficient (Wildman–Crippen LogP) is 4.56. The first-order valence-electron chi connectivity index (χ1n) is 6.04. The lowest BCUT2D eigenvalue weighted by molar-refractivity contribution is 0.325. The number of methoxy groups -OCH3 is 3. The van der Waals surface area contributed by atoms with Crippen molar-refractivity contribution < 1.29 is 14.2 Å². The van der Waals surface area contributed by atoms with Gasteiger partial charge in [-0.2, -0.15) is 0 Å². The SMILES string of the molecule is COc1ccc(Nc2cc[c]c(Cl)c2Cl)c(OC)c1OC. The van der Waals surface area contributed by atoms with Crippen molar-refractivity contribution in [1.29, 1.82) is 0 Å². The van der Waals surface area contributed by atoms with E-state index in [1.807, 2.05) is 0 Å². The Morgan fingerprint density at radius 2 is 1.62 bits per heavy atom. The molecule has 6 heteroatoms. The van der Waals surface area contributed by atoms with Crippen LogP contribution in [0.2, 0.25) is 10.0 Å². The van der Waals surface area contributed by atoms with E-state index in [2.05, 4.69) is 11.4 Å². The summed E-state index contributed by atoms with van der Waals surface area (Å²) in [7, 11) is 4.66. The van der Waals surface area contributed by atoms with E-state index in [1.54, 1.807) is 45.6 Å². The predicted molar refractivity (Wildman–Crippen MR) is 84.7 cm³/mol. The van der Waals surface area contributed by atoms with E-state index in [0.29, 0.717) is 38.7 Å². The van der Waals surface area contributed by atoms with Gasteiger partial charge < -0.3 is 19.5 Å². The van der Waals surface area contributed by atoms with Crippen molar-refractivity contribution in [2.75, 3.05) is 26.6 Å². The maximum absolute atomic E-state index is 6.15. The molecule has 111 valence electrons. The van der Waals surface area contributed by atoms with Gasteiger partial charge in [0, 0.05) is 6.07 Å². The molecule has 2 aromatic rings. The van der Waals surface area contributed by atoms with Gasteiger partial charge in [-0.1, -0.05) is 29.3 Å². The van der Waals surface area contributed by atoms with Crippen LogP contribution in [0.3, 0.4) is 0 Å². The van der Waals surface area contributed by atoms with Crippen molar-refractivity contribution >= 4 is 34.6 Å². The fourth-order valence-electron chi connectivity index (χ4n) is 1.89. The van der Waals surface area contributed by atoms with Crippen molar-refractivity contribution in [3.63, 3.8) is 0 Å². The molecule has 0 atom stereocenters. The summed E-state index contributed by atoms with van der Waals surface area (Å²) >= 11 is 12.1. The molecule has 2 rings (SSSR count). The highest BCUT2D eigenvalue weighted by Gasteiger charge is 2.17. The number of ether oxygens (including phenoxy) is 3. The van der Waals surface area contributed by atoms with Gasteiger partial charge in [0.15, 0.2) is 11.5 Å². The normalized spacial score (nSPS) is 10.1. The lowest BCUT2D eigenvalue weighted by Gasteiger charge is -2.17. The zero-order valence-electron chi connectivity index (χ0n) is 11.8. The molecule has 0 saturated carbocycles. The molecule has 0 aliphatic rings. The largest absolute Gasteiger partial charge is 0.493 e.